The van der Waals surface area contributed by atoms with E-state index in [2.05, 4.69) is 21.8 Å². The number of hydrogen-bond acceptors (Lipinski definition) is 4. The minimum atomic E-state index is -4.37. The lowest BCUT2D eigenvalue weighted by Crippen LogP contribution is -2.32. The number of halogens is 3. The van der Waals surface area contributed by atoms with Crippen molar-refractivity contribution >= 4 is 5.91 Å². The van der Waals surface area contributed by atoms with Crippen LogP contribution in [0.3, 0.4) is 0 Å². The number of ether oxygens (including phenoxy) is 1. The Morgan fingerprint density at radius 1 is 0.865 bits per heavy atom. The first-order valence-corrected chi connectivity index (χ1v) is 11.5. The fourth-order valence-electron chi connectivity index (χ4n) is 3.91. The van der Waals surface area contributed by atoms with Crippen LogP contribution in [0.5, 0.6) is 5.75 Å². The quantitative estimate of drug-likeness (QED) is 0.345. The van der Waals surface area contributed by atoms with E-state index < -0.39 is 11.7 Å². The van der Waals surface area contributed by atoms with E-state index in [-0.39, 0.29) is 5.91 Å². The Kier molecular flexibility index (Phi) is 6.60. The Morgan fingerprint density at radius 3 is 2.14 bits per heavy atom. The molecule has 0 saturated carbocycles. The second-order valence-electron chi connectivity index (χ2n) is 8.35. The number of carbonyl (C=O) groups is 1. The van der Waals surface area contributed by atoms with E-state index in [1.54, 1.807) is 29.4 Å². The van der Waals surface area contributed by atoms with Gasteiger partial charge >= 0.3 is 6.18 Å². The van der Waals surface area contributed by atoms with Gasteiger partial charge in [0.15, 0.2) is 0 Å². The van der Waals surface area contributed by atoms with Gasteiger partial charge in [-0.2, -0.15) is 13.2 Å². The smallest absolute Gasteiger partial charge is 0.416 e. The van der Waals surface area contributed by atoms with Gasteiger partial charge in [-0.3, -0.25) is 4.79 Å². The summed E-state index contributed by atoms with van der Waals surface area (Å²) in [5.74, 6) is 6.79. The highest BCUT2D eigenvalue weighted by atomic mass is 19.4. The van der Waals surface area contributed by atoms with E-state index in [1.807, 2.05) is 36.4 Å². The van der Waals surface area contributed by atoms with Crippen LogP contribution < -0.4 is 4.74 Å². The molecule has 0 bridgehead atoms. The first-order valence-electron chi connectivity index (χ1n) is 11.5. The third-order valence-electron chi connectivity index (χ3n) is 5.85. The van der Waals surface area contributed by atoms with Crippen LogP contribution in [0.4, 0.5) is 13.2 Å². The van der Waals surface area contributed by atoms with Crippen molar-refractivity contribution in [3.63, 3.8) is 0 Å². The van der Waals surface area contributed by atoms with Gasteiger partial charge in [-0.05, 0) is 65.7 Å². The van der Waals surface area contributed by atoms with Gasteiger partial charge in [-0.25, -0.2) is 9.97 Å². The maximum atomic E-state index is 13.3. The zero-order chi connectivity index (χ0) is 25.8. The van der Waals surface area contributed by atoms with Crippen molar-refractivity contribution < 1.29 is 22.7 Å². The molecule has 1 aliphatic heterocycles. The zero-order valence-electron chi connectivity index (χ0n) is 19.5. The molecule has 5 nitrogen and oxygen atoms in total. The Balaban J connectivity index is 1.34. The van der Waals surface area contributed by atoms with Gasteiger partial charge in [0.25, 0.3) is 5.91 Å². The molecule has 0 radical (unpaired) electrons. The predicted molar refractivity (Wildman–Crippen MR) is 132 cm³/mol. The second kappa shape index (κ2) is 10.2. The first kappa shape index (κ1) is 24.1. The van der Waals surface area contributed by atoms with Crippen LogP contribution in [0, 0.1) is 11.8 Å². The third-order valence-corrected chi connectivity index (χ3v) is 5.85. The number of amides is 1. The van der Waals surface area contributed by atoms with Crippen LogP contribution in [0.2, 0.25) is 0 Å². The summed E-state index contributed by atoms with van der Waals surface area (Å²) in [4.78, 5) is 23.4. The normalized spacial score (nSPS) is 13.2. The standard InChI is InChI=1S/C29H20F3N3O2/c30-29(31,32)24-11-6-21(7-12-24)3-2-20-4-8-22(9-5-20)23-10-13-26-25(18-23)28(36)35(16-17-37-26)19-27-33-14-1-15-34-27/h1,4-15,18H,16-17,19H2. The van der Waals surface area contributed by atoms with Crippen molar-refractivity contribution in [3.05, 3.63) is 113 Å². The summed E-state index contributed by atoms with van der Waals surface area (Å²) < 4.78 is 44.0. The van der Waals surface area contributed by atoms with E-state index in [0.717, 1.165) is 23.3 Å². The molecular weight excluding hydrogens is 479 g/mol. The molecule has 0 N–H and O–H groups in total. The molecule has 3 aromatic carbocycles. The monoisotopic (exact) mass is 499 g/mol. The van der Waals surface area contributed by atoms with Crippen LogP contribution in [-0.2, 0) is 12.7 Å². The van der Waals surface area contributed by atoms with E-state index in [0.29, 0.717) is 48.0 Å². The van der Waals surface area contributed by atoms with Gasteiger partial charge in [0.2, 0.25) is 0 Å². The summed E-state index contributed by atoms with van der Waals surface area (Å²) in [6.45, 7) is 1.09. The van der Waals surface area contributed by atoms with Crippen molar-refractivity contribution in [3.8, 4) is 28.7 Å². The lowest BCUT2D eigenvalue weighted by molar-refractivity contribution is -0.137. The highest BCUT2D eigenvalue weighted by Gasteiger charge is 2.30. The van der Waals surface area contributed by atoms with Crippen molar-refractivity contribution in [2.24, 2.45) is 0 Å². The van der Waals surface area contributed by atoms with E-state index >= 15 is 0 Å². The minimum Gasteiger partial charge on any atom is -0.491 e. The number of nitrogens with zero attached hydrogens (tertiary/aromatic N) is 3. The van der Waals surface area contributed by atoms with Gasteiger partial charge < -0.3 is 9.64 Å². The van der Waals surface area contributed by atoms with Crippen LogP contribution >= 0.6 is 0 Å². The maximum Gasteiger partial charge on any atom is 0.416 e. The molecule has 0 fully saturated rings. The zero-order valence-corrected chi connectivity index (χ0v) is 19.5. The molecule has 0 saturated heterocycles. The molecule has 0 unspecified atom stereocenters. The SMILES string of the molecule is O=C1c2cc(-c3ccc(C#Cc4ccc(C(F)(F)F)cc4)cc3)ccc2OCCN1Cc1ncccn1. The average Bonchev–Trinajstić information content (AvgIpc) is 3.06. The van der Waals surface area contributed by atoms with E-state index in [9.17, 15) is 18.0 Å². The van der Waals surface area contributed by atoms with Crippen molar-refractivity contribution in [2.75, 3.05) is 13.2 Å². The lowest BCUT2D eigenvalue weighted by Gasteiger charge is -2.19. The van der Waals surface area contributed by atoms with Gasteiger partial charge in [0.05, 0.1) is 24.2 Å². The third kappa shape index (κ3) is 5.62. The molecule has 5 rings (SSSR count). The molecule has 184 valence electrons. The minimum absolute atomic E-state index is 0.152. The van der Waals surface area contributed by atoms with Gasteiger partial charge in [-0.15, -0.1) is 0 Å². The van der Waals surface area contributed by atoms with Crippen molar-refractivity contribution in [1.29, 1.82) is 0 Å². The van der Waals surface area contributed by atoms with Crippen molar-refractivity contribution in [1.82, 2.24) is 14.9 Å². The molecule has 8 heteroatoms. The number of hydrogen-bond donors (Lipinski definition) is 0. The molecule has 1 aromatic heterocycles. The Hall–Kier alpha value is -4.64. The number of benzene rings is 3. The predicted octanol–water partition coefficient (Wildman–Crippen LogP) is 5.60. The molecule has 0 atom stereocenters. The Labute approximate surface area is 211 Å². The summed E-state index contributed by atoms with van der Waals surface area (Å²) >= 11 is 0. The first-order chi connectivity index (χ1) is 17.9. The fraction of sp³-hybridized carbons (Fsp3) is 0.138. The lowest BCUT2D eigenvalue weighted by atomic mass is 10.0. The Morgan fingerprint density at radius 2 is 1.49 bits per heavy atom. The number of alkyl halides is 3. The summed E-state index contributed by atoms with van der Waals surface area (Å²) in [6.07, 6.45) is -1.08. The summed E-state index contributed by atoms with van der Waals surface area (Å²) in [7, 11) is 0. The van der Waals surface area contributed by atoms with Crippen LogP contribution in [-0.4, -0.2) is 33.9 Å². The second-order valence-corrected chi connectivity index (χ2v) is 8.35. The van der Waals surface area contributed by atoms with E-state index in [1.165, 1.54) is 12.1 Å². The van der Waals surface area contributed by atoms with Gasteiger partial charge in [-0.1, -0.05) is 30.0 Å². The van der Waals surface area contributed by atoms with Crippen LogP contribution in [0.25, 0.3) is 11.1 Å². The number of fused-ring (bicyclic) bond motifs is 1. The molecule has 0 spiro atoms. The largest absolute Gasteiger partial charge is 0.491 e. The molecule has 37 heavy (non-hydrogen) atoms. The molecular formula is C29H20F3N3O2. The van der Waals surface area contributed by atoms with Crippen molar-refractivity contribution in [2.45, 2.75) is 12.7 Å². The van der Waals surface area contributed by atoms with Gasteiger partial charge in [0.1, 0.15) is 18.2 Å². The molecule has 4 aromatic rings. The molecule has 0 aliphatic carbocycles. The molecule has 1 amide bonds. The van der Waals surface area contributed by atoms with Crippen LogP contribution in [0.15, 0.2) is 85.2 Å². The number of carbonyl (C=O) groups excluding carboxylic acids is 1. The summed E-state index contributed by atoms with van der Waals surface area (Å²) in [6, 6.07) is 19.4. The molecule has 2 heterocycles. The number of rotatable bonds is 3. The van der Waals surface area contributed by atoms with Crippen LogP contribution in [0.1, 0.15) is 32.9 Å². The molecule has 1 aliphatic rings. The topological polar surface area (TPSA) is 55.3 Å². The Bertz CT molecular complexity index is 1470. The highest BCUT2D eigenvalue weighted by molar-refractivity contribution is 5.98. The average molecular weight is 499 g/mol. The summed E-state index contributed by atoms with van der Waals surface area (Å²) in [5, 5.41) is 0. The number of aromatic nitrogens is 2. The van der Waals surface area contributed by atoms with E-state index in [4.69, 9.17) is 4.74 Å². The highest BCUT2D eigenvalue weighted by Crippen LogP contribution is 2.30. The maximum absolute atomic E-state index is 13.3. The summed E-state index contributed by atoms with van der Waals surface area (Å²) in [5.41, 5.74) is 2.70. The fourth-order valence-corrected chi connectivity index (χ4v) is 3.91. The van der Waals surface area contributed by atoms with Gasteiger partial charge in [0, 0.05) is 23.5 Å².